The number of halogens is 3. The van der Waals surface area contributed by atoms with Crippen molar-refractivity contribution in [1.82, 2.24) is 10.3 Å². The zero-order valence-corrected chi connectivity index (χ0v) is 23.7. The Bertz CT molecular complexity index is 1370. The summed E-state index contributed by atoms with van der Waals surface area (Å²) >= 11 is 17.7. The molecule has 0 unspecified atom stereocenters. The Kier molecular flexibility index (Phi) is 7.49. The molecule has 10 heteroatoms. The second-order valence-corrected chi connectivity index (χ2v) is 11.1. The van der Waals surface area contributed by atoms with Crippen LogP contribution in [0.3, 0.4) is 0 Å². The molecule has 0 atom stereocenters. The van der Waals surface area contributed by atoms with Gasteiger partial charge in [-0.2, -0.15) is 0 Å². The van der Waals surface area contributed by atoms with E-state index in [2.05, 4.69) is 58.4 Å². The number of thiocarbonyl (C=S) groups is 1. The van der Waals surface area contributed by atoms with Crippen molar-refractivity contribution in [2.75, 3.05) is 12.4 Å². The Morgan fingerprint density at radius 3 is 2.55 bits per heavy atom. The highest BCUT2D eigenvalue weighted by atomic mass is 79.9. The average Bonchev–Trinajstić information content (AvgIpc) is 3.19. The SMILES string of the molecule is COc1c(C)cc(Br)cc1C(=O)NC(=S)Nc1c(Br)cc(Br)cc1-c1nc2ccccc2s1. The van der Waals surface area contributed by atoms with Crippen LogP contribution in [0.2, 0.25) is 0 Å². The van der Waals surface area contributed by atoms with Gasteiger partial charge in [0.15, 0.2) is 5.11 Å². The van der Waals surface area contributed by atoms with E-state index in [1.807, 2.05) is 49.4 Å². The molecule has 33 heavy (non-hydrogen) atoms. The first-order valence-electron chi connectivity index (χ1n) is 9.58. The van der Waals surface area contributed by atoms with E-state index < -0.39 is 0 Å². The highest BCUT2D eigenvalue weighted by Crippen LogP contribution is 2.40. The van der Waals surface area contributed by atoms with Crippen molar-refractivity contribution in [1.29, 1.82) is 0 Å². The summed E-state index contributed by atoms with van der Waals surface area (Å²) in [5.41, 5.74) is 3.71. The largest absolute Gasteiger partial charge is 0.496 e. The van der Waals surface area contributed by atoms with Crippen LogP contribution in [-0.2, 0) is 0 Å². The topological polar surface area (TPSA) is 63.2 Å². The Balaban J connectivity index is 1.64. The highest BCUT2D eigenvalue weighted by molar-refractivity contribution is 9.11. The van der Waals surface area contributed by atoms with Gasteiger partial charge in [0.1, 0.15) is 10.8 Å². The van der Waals surface area contributed by atoms with Crippen LogP contribution in [-0.4, -0.2) is 23.1 Å². The van der Waals surface area contributed by atoms with Gasteiger partial charge in [-0.05, 0) is 77.0 Å². The van der Waals surface area contributed by atoms with Gasteiger partial charge in [0.05, 0.1) is 28.6 Å². The smallest absolute Gasteiger partial charge is 0.261 e. The molecule has 0 saturated heterocycles. The fraction of sp³-hybridized carbons (Fsp3) is 0.0870. The second kappa shape index (κ2) is 10.2. The first-order valence-corrected chi connectivity index (χ1v) is 13.2. The van der Waals surface area contributed by atoms with E-state index in [-0.39, 0.29) is 11.0 Å². The van der Waals surface area contributed by atoms with E-state index in [1.165, 1.54) is 7.11 Å². The maximum Gasteiger partial charge on any atom is 0.261 e. The standard InChI is InChI=1S/C23H16Br3N3O2S2/c1-11-7-12(24)9-15(20(11)31-2)21(30)29-23(32)28-19-14(8-13(25)10-16(19)26)22-27-17-5-3-4-6-18(17)33-22/h3-10H,1-2H3,(H2,28,29,30,32). The number of fused-ring (bicyclic) bond motifs is 1. The third-order valence-electron chi connectivity index (χ3n) is 4.73. The van der Waals surface area contributed by atoms with Gasteiger partial charge < -0.3 is 10.1 Å². The monoisotopic (exact) mass is 667 g/mol. The van der Waals surface area contributed by atoms with E-state index in [9.17, 15) is 4.79 Å². The Hall–Kier alpha value is -1.85. The summed E-state index contributed by atoms with van der Waals surface area (Å²) in [5.74, 6) is 0.127. The summed E-state index contributed by atoms with van der Waals surface area (Å²) < 4.78 is 8.95. The number of nitrogens with one attached hydrogen (secondary N) is 2. The van der Waals surface area contributed by atoms with Gasteiger partial charge in [-0.1, -0.05) is 44.0 Å². The van der Waals surface area contributed by atoms with Crippen LogP contribution in [0, 0.1) is 6.92 Å². The average molecular weight is 670 g/mol. The van der Waals surface area contributed by atoms with Crippen LogP contribution in [0.15, 0.2) is 61.9 Å². The van der Waals surface area contributed by atoms with Crippen molar-refractivity contribution in [3.05, 3.63) is 73.1 Å². The summed E-state index contributed by atoms with van der Waals surface area (Å²) in [6.07, 6.45) is 0. The molecule has 168 valence electrons. The van der Waals surface area contributed by atoms with Crippen LogP contribution >= 0.6 is 71.3 Å². The molecule has 5 nitrogen and oxygen atoms in total. The maximum absolute atomic E-state index is 13.0. The fourth-order valence-electron chi connectivity index (χ4n) is 3.34. The molecule has 3 aromatic carbocycles. The van der Waals surface area contributed by atoms with Crippen molar-refractivity contribution in [2.24, 2.45) is 0 Å². The van der Waals surface area contributed by atoms with Crippen LogP contribution in [0.5, 0.6) is 5.75 Å². The van der Waals surface area contributed by atoms with Crippen LogP contribution in [0.25, 0.3) is 20.8 Å². The minimum Gasteiger partial charge on any atom is -0.496 e. The normalized spacial score (nSPS) is 10.8. The molecule has 0 saturated carbocycles. The predicted octanol–water partition coefficient (Wildman–Crippen LogP) is 7.69. The number of benzene rings is 3. The number of thiazole rings is 1. The second-order valence-electron chi connectivity index (χ2n) is 7.01. The summed E-state index contributed by atoms with van der Waals surface area (Å²) in [4.78, 5) is 17.7. The van der Waals surface area contributed by atoms with Gasteiger partial charge in [-0.3, -0.25) is 10.1 Å². The first kappa shape index (κ1) is 24.3. The van der Waals surface area contributed by atoms with Crippen molar-refractivity contribution in [3.8, 4) is 16.3 Å². The van der Waals surface area contributed by atoms with Crippen molar-refractivity contribution in [2.45, 2.75) is 6.92 Å². The number of para-hydroxylation sites is 1. The van der Waals surface area contributed by atoms with E-state index in [1.54, 1.807) is 17.4 Å². The molecule has 2 N–H and O–H groups in total. The molecule has 1 aromatic heterocycles. The summed E-state index contributed by atoms with van der Waals surface area (Å²) in [6, 6.07) is 15.4. The molecule has 4 aromatic rings. The Morgan fingerprint density at radius 2 is 1.82 bits per heavy atom. The van der Waals surface area contributed by atoms with Gasteiger partial charge in [0.25, 0.3) is 5.91 Å². The fourth-order valence-corrected chi connectivity index (χ4v) is 6.42. The lowest BCUT2D eigenvalue weighted by molar-refractivity contribution is 0.0974. The van der Waals surface area contributed by atoms with Crippen LogP contribution in [0.1, 0.15) is 15.9 Å². The number of hydrogen-bond acceptors (Lipinski definition) is 5. The summed E-state index contributed by atoms with van der Waals surface area (Å²) in [7, 11) is 1.53. The van der Waals surface area contributed by atoms with E-state index in [0.717, 1.165) is 39.8 Å². The van der Waals surface area contributed by atoms with Gasteiger partial charge in [0, 0.05) is 19.0 Å². The molecule has 0 aliphatic rings. The van der Waals surface area contributed by atoms with E-state index in [0.29, 0.717) is 17.0 Å². The number of carbonyl (C=O) groups excluding carboxylic acids is 1. The van der Waals surface area contributed by atoms with Gasteiger partial charge in [-0.15, -0.1) is 11.3 Å². The number of ether oxygens (including phenoxy) is 1. The van der Waals surface area contributed by atoms with Crippen molar-refractivity contribution in [3.63, 3.8) is 0 Å². The predicted molar refractivity (Wildman–Crippen MR) is 150 cm³/mol. The number of amides is 1. The number of anilines is 1. The van der Waals surface area contributed by atoms with Crippen molar-refractivity contribution >= 4 is 98.3 Å². The van der Waals surface area contributed by atoms with Gasteiger partial charge in [0.2, 0.25) is 0 Å². The van der Waals surface area contributed by atoms with E-state index in [4.69, 9.17) is 21.9 Å². The number of methoxy groups -OCH3 is 1. The molecule has 0 radical (unpaired) electrons. The molecule has 0 aliphatic carbocycles. The maximum atomic E-state index is 13.0. The number of aryl methyl sites for hydroxylation is 1. The highest BCUT2D eigenvalue weighted by Gasteiger charge is 2.19. The minimum atomic E-state index is -0.372. The number of nitrogens with zero attached hydrogens (tertiary/aromatic N) is 1. The molecule has 0 spiro atoms. The number of hydrogen-bond donors (Lipinski definition) is 2. The van der Waals surface area contributed by atoms with Crippen molar-refractivity contribution < 1.29 is 9.53 Å². The van der Waals surface area contributed by atoms with Crippen LogP contribution < -0.4 is 15.4 Å². The quantitative estimate of drug-likeness (QED) is 0.218. The minimum absolute atomic E-state index is 0.157. The van der Waals surface area contributed by atoms with Gasteiger partial charge >= 0.3 is 0 Å². The number of rotatable bonds is 4. The molecule has 0 fully saturated rings. The third-order valence-corrected chi connectivity index (χ3v) is 7.55. The molecule has 1 amide bonds. The molecular weight excluding hydrogens is 654 g/mol. The Labute approximate surface area is 225 Å². The first-order chi connectivity index (χ1) is 15.8. The molecule has 0 bridgehead atoms. The number of carbonyl (C=O) groups is 1. The number of aromatic nitrogens is 1. The summed E-state index contributed by atoms with van der Waals surface area (Å²) in [5, 5.41) is 6.90. The zero-order valence-electron chi connectivity index (χ0n) is 17.3. The van der Waals surface area contributed by atoms with Crippen LogP contribution in [0.4, 0.5) is 5.69 Å². The lowest BCUT2D eigenvalue weighted by Gasteiger charge is -2.16. The lowest BCUT2D eigenvalue weighted by atomic mass is 10.1. The molecule has 0 aliphatic heterocycles. The molecule has 4 rings (SSSR count). The Morgan fingerprint density at radius 1 is 1.09 bits per heavy atom. The van der Waals surface area contributed by atoms with E-state index >= 15 is 0 Å². The molecular formula is C23H16Br3N3O2S2. The lowest BCUT2D eigenvalue weighted by Crippen LogP contribution is -2.34. The zero-order chi connectivity index (χ0) is 23.7. The summed E-state index contributed by atoms with van der Waals surface area (Å²) in [6.45, 7) is 1.88. The third kappa shape index (κ3) is 5.30. The van der Waals surface area contributed by atoms with Gasteiger partial charge in [-0.25, -0.2) is 4.98 Å². The molecule has 1 heterocycles.